The standard InChI is InChI=1S/C20H32NO/c1-4-14-6-8-17-16-7-5-15-13-21(22)12-11-20(15,3)18(16)9-10-19(14,17)2/h4,14-18H,1,5-13H2,2-3H3/q+1/t14-,15-,16-,17-,18-,19+,20-/m0/s1. The van der Waals surface area contributed by atoms with Crippen molar-refractivity contribution in [3.8, 4) is 0 Å². The fourth-order valence-corrected chi connectivity index (χ4v) is 7.35. The lowest BCUT2D eigenvalue weighted by molar-refractivity contribution is -0.577. The van der Waals surface area contributed by atoms with Crippen LogP contribution in [0.1, 0.15) is 58.8 Å². The molecule has 0 aromatic rings. The molecular weight excluding hydrogens is 270 g/mol. The van der Waals surface area contributed by atoms with Crippen LogP contribution in [-0.2, 0) is 0 Å². The Hall–Kier alpha value is -0.660. The fraction of sp³-hybridized carbons (Fsp3) is 0.900. The van der Waals surface area contributed by atoms with E-state index in [-0.39, 0.29) is 0 Å². The summed E-state index contributed by atoms with van der Waals surface area (Å²) < 4.78 is 1.34. The van der Waals surface area contributed by atoms with Gasteiger partial charge in [0.1, 0.15) is 0 Å². The summed E-state index contributed by atoms with van der Waals surface area (Å²) >= 11 is 0. The predicted molar refractivity (Wildman–Crippen MR) is 89.5 cm³/mol. The van der Waals surface area contributed by atoms with Gasteiger partial charge in [0.25, 0.3) is 0 Å². The molecule has 4 fully saturated rings. The SMILES string of the molecule is C=C[C@H]1CC[C@H]2[C@@H]3CC[C@H]4C[N+](=O)CC[C@]4(C)[C@H]3CC[C@]12C. The van der Waals surface area contributed by atoms with E-state index in [0.717, 1.165) is 43.2 Å². The van der Waals surface area contributed by atoms with Gasteiger partial charge in [-0.15, -0.1) is 6.58 Å². The van der Waals surface area contributed by atoms with E-state index < -0.39 is 0 Å². The van der Waals surface area contributed by atoms with Crippen LogP contribution in [0, 0.1) is 45.3 Å². The van der Waals surface area contributed by atoms with Crippen molar-refractivity contribution in [1.82, 2.24) is 0 Å². The molecule has 3 saturated carbocycles. The molecular formula is C20H32NO+. The topological polar surface area (TPSA) is 20.1 Å². The zero-order chi connectivity index (χ0) is 15.5. The number of hydrogen-bond donors (Lipinski definition) is 0. The summed E-state index contributed by atoms with van der Waals surface area (Å²) in [4.78, 5) is 11.8. The molecule has 4 rings (SSSR count). The number of allylic oxidation sites excluding steroid dienone is 1. The Bertz CT molecular complexity index is 500. The second kappa shape index (κ2) is 4.92. The molecule has 3 aliphatic carbocycles. The predicted octanol–water partition coefficient (Wildman–Crippen LogP) is 4.83. The van der Waals surface area contributed by atoms with Crippen molar-refractivity contribution in [3.05, 3.63) is 17.6 Å². The summed E-state index contributed by atoms with van der Waals surface area (Å²) in [6, 6.07) is 0. The Morgan fingerprint density at radius 3 is 2.55 bits per heavy atom. The largest absolute Gasteiger partial charge is 0.195 e. The van der Waals surface area contributed by atoms with Gasteiger partial charge in [-0.2, -0.15) is 0 Å². The fourth-order valence-electron chi connectivity index (χ4n) is 7.35. The minimum atomic E-state index is 0.442. The molecule has 122 valence electrons. The summed E-state index contributed by atoms with van der Waals surface area (Å²) in [6.45, 7) is 10.8. The highest BCUT2D eigenvalue weighted by molar-refractivity contribution is 5.10. The molecule has 0 N–H and O–H groups in total. The van der Waals surface area contributed by atoms with E-state index in [1.54, 1.807) is 0 Å². The molecule has 1 heterocycles. The highest BCUT2D eigenvalue weighted by Crippen LogP contribution is 2.66. The third-order valence-corrected chi connectivity index (χ3v) is 8.75. The van der Waals surface area contributed by atoms with Crippen molar-refractivity contribution in [2.45, 2.75) is 58.8 Å². The molecule has 0 spiro atoms. The summed E-state index contributed by atoms with van der Waals surface area (Å²) in [6.07, 6.45) is 11.6. The average molecular weight is 302 g/mol. The van der Waals surface area contributed by atoms with Gasteiger partial charge in [0, 0.05) is 17.2 Å². The maximum absolute atomic E-state index is 11.8. The molecule has 7 atom stereocenters. The molecule has 0 amide bonds. The van der Waals surface area contributed by atoms with Crippen LogP contribution in [0.15, 0.2) is 12.7 Å². The highest BCUT2D eigenvalue weighted by atomic mass is 16.3. The van der Waals surface area contributed by atoms with E-state index in [9.17, 15) is 4.91 Å². The van der Waals surface area contributed by atoms with Crippen LogP contribution in [-0.4, -0.2) is 17.8 Å². The minimum Gasteiger partial charge on any atom is -0.103 e. The molecule has 1 saturated heterocycles. The Kier molecular flexibility index (Phi) is 3.33. The summed E-state index contributed by atoms with van der Waals surface area (Å²) in [5.74, 6) is 4.11. The third kappa shape index (κ3) is 1.85. The van der Waals surface area contributed by atoms with Crippen molar-refractivity contribution in [2.75, 3.05) is 13.1 Å². The molecule has 1 aliphatic heterocycles. The first kappa shape index (κ1) is 14.9. The van der Waals surface area contributed by atoms with E-state index in [2.05, 4.69) is 26.5 Å². The van der Waals surface area contributed by atoms with Gasteiger partial charge in [-0.1, -0.05) is 19.9 Å². The van der Waals surface area contributed by atoms with Gasteiger partial charge in [0.05, 0.1) is 0 Å². The second-order valence-corrected chi connectivity index (χ2v) is 9.26. The van der Waals surface area contributed by atoms with E-state index in [4.69, 9.17) is 0 Å². The Balaban J connectivity index is 1.63. The molecule has 0 unspecified atom stereocenters. The van der Waals surface area contributed by atoms with Crippen LogP contribution in [0.3, 0.4) is 0 Å². The quantitative estimate of drug-likeness (QED) is 0.502. The van der Waals surface area contributed by atoms with Gasteiger partial charge >= 0.3 is 0 Å². The zero-order valence-corrected chi connectivity index (χ0v) is 14.4. The monoisotopic (exact) mass is 302 g/mol. The van der Waals surface area contributed by atoms with Gasteiger partial charge in [0.15, 0.2) is 13.1 Å². The third-order valence-electron chi connectivity index (χ3n) is 8.75. The zero-order valence-electron chi connectivity index (χ0n) is 14.4. The molecule has 4 aliphatic rings. The Morgan fingerprint density at radius 1 is 1.00 bits per heavy atom. The number of fused-ring (bicyclic) bond motifs is 5. The minimum absolute atomic E-state index is 0.442. The number of nitrogens with zero attached hydrogens (tertiary/aromatic N) is 1. The Morgan fingerprint density at radius 2 is 1.77 bits per heavy atom. The first-order chi connectivity index (χ1) is 10.5. The normalized spacial score (nSPS) is 54.3. The molecule has 0 aromatic carbocycles. The van der Waals surface area contributed by atoms with Crippen molar-refractivity contribution in [3.63, 3.8) is 0 Å². The molecule has 2 heteroatoms. The van der Waals surface area contributed by atoms with Crippen LogP contribution in [0.5, 0.6) is 0 Å². The number of nitroso groups, excluding NO2 is 1. The summed E-state index contributed by atoms with van der Waals surface area (Å²) in [5.41, 5.74) is 0.961. The van der Waals surface area contributed by atoms with Gasteiger partial charge in [-0.3, -0.25) is 0 Å². The van der Waals surface area contributed by atoms with Crippen LogP contribution >= 0.6 is 0 Å². The lowest BCUT2D eigenvalue weighted by Crippen LogP contribution is -2.55. The van der Waals surface area contributed by atoms with E-state index >= 15 is 0 Å². The van der Waals surface area contributed by atoms with Crippen LogP contribution in [0.25, 0.3) is 0 Å². The molecule has 0 aromatic heterocycles. The second-order valence-electron chi connectivity index (χ2n) is 9.26. The first-order valence-electron chi connectivity index (χ1n) is 9.53. The summed E-state index contributed by atoms with van der Waals surface area (Å²) in [5, 5.41) is 0. The number of hydrogen-bond acceptors (Lipinski definition) is 1. The maximum atomic E-state index is 11.8. The van der Waals surface area contributed by atoms with Crippen LogP contribution in [0.2, 0.25) is 0 Å². The van der Waals surface area contributed by atoms with E-state index in [1.165, 1.54) is 43.3 Å². The average Bonchev–Trinajstić information content (AvgIpc) is 2.84. The van der Waals surface area contributed by atoms with Gasteiger partial charge in [-0.25, -0.2) is 0 Å². The molecule has 0 radical (unpaired) electrons. The lowest BCUT2D eigenvalue weighted by atomic mass is 9.46. The van der Waals surface area contributed by atoms with Crippen molar-refractivity contribution >= 4 is 0 Å². The van der Waals surface area contributed by atoms with Crippen molar-refractivity contribution in [1.29, 1.82) is 0 Å². The highest BCUT2D eigenvalue weighted by Gasteiger charge is 2.60. The smallest absolute Gasteiger partial charge is 0.103 e. The first-order valence-corrected chi connectivity index (χ1v) is 9.53. The van der Waals surface area contributed by atoms with Crippen molar-refractivity contribution in [2.24, 2.45) is 40.4 Å². The van der Waals surface area contributed by atoms with Gasteiger partial charge < -0.3 is 0 Å². The number of rotatable bonds is 1. The van der Waals surface area contributed by atoms with Crippen LogP contribution in [0.4, 0.5) is 0 Å². The Labute approximate surface area is 135 Å². The van der Waals surface area contributed by atoms with Crippen molar-refractivity contribution < 1.29 is 4.76 Å². The maximum Gasteiger partial charge on any atom is 0.195 e. The van der Waals surface area contributed by atoms with E-state index in [0.29, 0.717) is 16.7 Å². The van der Waals surface area contributed by atoms with Gasteiger partial charge in [0.2, 0.25) is 0 Å². The lowest BCUT2D eigenvalue weighted by Gasteiger charge is -2.58. The number of piperidine rings is 1. The molecule has 0 bridgehead atoms. The van der Waals surface area contributed by atoms with E-state index in [1.807, 2.05) is 0 Å². The van der Waals surface area contributed by atoms with Gasteiger partial charge in [-0.05, 0) is 77.8 Å². The molecule has 22 heavy (non-hydrogen) atoms. The summed E-state index contributed by atoms with van der Waals surface area (Å²) in [7, 11) is 0. The molecule has 2 nitrogen and oxygen atoms in total. The van der Waals surface area contributed by atoms with Crippen LogP contribution < -0.4 is 0 Å².